The highest BCUT2D eigenvalue weighted by molar-refractivity contribution is 7.98. The molecule has 64 valence electrons. The molecule has 2 nitrogen and oxygen atoms in total. The zero-order valence-corrected chi connectivity index (χ0v) is 7.94. The molecule has 0 unspecified atom stereocenters. The molecule has 2 atom stereocenters. The van der Waals surface area contributed by atoms with Crippen molar-refractivity contribution in [3.8, 4) is 0 Å². The highest BCUT2D eigenvalue weighted by atomic mass is 32.2. The van der Waals surface area contributed by atoms with E-state index in [0.717, 1.165) is 5.75 Å². The average molecular weight is 174 g/mol. The van der Waals surface area contributed by atoms with Crippen LogP contribution in [0.5, 0.6) is 0 Å². The summed E-state index contributed by atoms with van der Waals surface area (Å²) in [7, 11) is 0. The fourth-order valence-electron chi connectivity index (χ4n) is 1.73. The third-order valence-electron chi connectivity index (χ3n) is 2.66. The molecule has 0 saturated heterocycles. The lowest BCUT2D eigenvalue weighted by atomic mass is 10.1. The highest BCUT2D eigenvalue weighted by Gasteiger charge is 2.61. The molecule has 0 aromatic heterocycles. The molecule has 11 heavy (non-hydrogen) atoms. The fourth-order valence-corrected chi connectivity index (χ4v) is 2.71. The van der Waals surface area contributed by atoms with Crippen LogP contribution in [0.1, 0.15) is 13.8 Å². The molecule has 0 heterocycles. The number of rotatable bonds is 3. The van der Waals surface area contributed by atoms with E-state index in [9.17, 15) is 4.79 Å². The van der Waals surface area contributed by atoms with Gasteiger partial charge in [0.25, 0.3) is 0 Å². The van der Waals surface area contributed by atoms with Gasteiger partial charge in [-0.15, -0.1) is 0 Å². The van der Waals surface area contributed by atoms with Gasteiger partial charge in [0.15, 0.2) is 0 Å². The van der Waals surface area contributed by atoms with Crippen molar-refractivity contribution < 1.29 is 9.90 Å². The van der Waals surface area contributed by atoms with Gasteiger partial charge in [-0.05, 0) is 23.3 Å². The second kappa shape index (κ2) is 2.70. The van der Waals surface area contributed by atoms with Gasteiger partial charge in [0, 0.05) is 0 Å². The van der Waals surface area contributed by atoms with E-state index in [1.165, 1.54) is 0 Å². The Morgan fingerprint density at radius 3 is 2.45 bits per heavy atom. The monoisotopic (exact) mass is 174 g/mol. The first-order valence-corrected chi connectivity index (χ1v) is 5.13. The number of hydrogen-bond donors (Lipinski definition) is 1. The van der Waals surface area contributed by atoms with Crippen LogP contribution in [0.3, 0.4) is 0 Å². The number of carboxylic acids is 1. The van der Waals surface area contributed by atoms with E-state index in [1.54, 1.807) is 11.8 Å². The summed E-state index contributed by atoms with van der Waals surface area (Å²) in [4.78, 5) is 10.7. The molecule has 0 aliphatic heterocycles. The Hall–Kier alpha value is -0.180. The molecule has 0 radical (unpaired) electrons. The van der Waals surface area contributed by atoms with Gasteiger partial charge in [-0.3, -0.25) is 4.79 Å². The molecule has 1 fully saturated rings. The summed E-state index contributed by atoms with van der Waals surface area (Å²) in [6.07, 6.45) is 2.02. The molecule has 0 amide bonds. The Morgan fingerprint density at radius 2 is 2.18 bits per heavy atom. The smallest absolute Gasteiger partial charge is 0.307 e. The Labute approximate surface area is 71.4 Å². The maximum absolute atomic E-state index is 10.7. The molecule has 1 N–H and O–H groups in total. The minimum absolute atomic E-state index is 0.0366. The summed E-state index contributed by atoms with van der Waals surface area (Å²) in [5.41, 5.74) is 0.0366. The van der Waals surface area contributed by atoms with Crippen molar-refractivity contribution in [3.63, 3.8) is 0 Å². The first-order chi connectivity index (χ1) is 5.01. The van der Waals surface area contributed by atoms with Gasteiger partial charge < -0.3 is 5.11 Å². The molecule has 3 heteroatoms. The van der Waals surface area contributed by atoms with Crippen molar-refractivity contribution in [2.45, 2.75) is 13.8 Å². The lowest BCUT2D eigenvalue weighted by Gasteiger charge is -1.98. The Balaban J connectivity index is 2.53. The second-order valence-corrected chi connectivity index (χ2v) is 4.61. The quantitative estimate of drug-likeness (QED) is 0.707. The third kappa shape index (κ3) is 1.39. The van der Waals surface area contributed by atoms with Gasteiger partial charge in [0.2, 0.25) is 0 Å². The Bertz CT molecular complexity index is 177. The maximum Gasteiger partial charge on any atom is 0.307 e. The van der Waals surface area contributed by atoms with Crippen LogP contribution >= 0.6 is 11.8 Å². The number of carboxylic acid groups (broad SMARTS) is 1. The summed E-state index contributed by atoms with van der Waals surface area (Å²) in [5.74, 6) is 0.628. The van der Waals surface area contributed by atoms with Gasteiger partial charge in [-0.2, -0.15) is 11.8 Å². The molecular weight excluding hydrogens is 160 g/mol. The summed E-state index contributed by atoms with van der Waals surface area (Å²) in [5, 5.41) is 8.78. The molecule has 0 spiro atoms. The summed E-state index contributed by atoms with van der Waals surface area (Å²) < 4.78 is 0. The zero-order valence-electron chi connectivity index (χ0n) is 7.13. The third-order valence-corrected chi connectivity index (χ3v) is 3.36. The van der Waals surface area contributed by atoms with Crippen LogP contribution in [0.2, 0.25) is 0 Å². The predicted molar refractivity (Wildman–Crippen MR) is 46.8 cm³/mol. The predicted octanol–water partition coefficient (Wildman–Crippen LogP) is 1.71. The van der Waals surface area contributed by atoms with E-state index in [1.807, 2.05) is 20.1 Å². The van der Waals surface area contributed by atoms with E-state index in [2.05, 4.69) is 0 Å². The van der Waals surface area contributed by atoms with Crippen LogP contribution in [0.15, 0.2) is 0 Å². The highest BCUT2D eigenvalue weighted by Crippen LogP contribution is 2.59. The molecule has 1 rings (SSSR count). The van der Waals surface area contributed by atoms with Crippen molar-refractivity contribution in [3.05, 3.63) is 0 Å². The van der Waals surface area contributed by atoms with Crippen molar-refractivity contribution in [1.29, 1.82) is 0 Å². The first-order valence-electron chi connectivity index (χ1n) is 3.73. The summed E-state index contributed by atoms with van der Waals surface area (Å²) in [6.45, 7) is 4.07. The Morgan fingerprint density at radius 1 is 1.64 bits per heavy atom. The van der Waals surface area contributed by atoms with Crippen LogP contribution in [-0.2, 0) is 4.79 Å². The number of hydrogen-bond acceptors (Lipinski definition) is 2. The van der Waals surface area contributed by atoms with Gasteiger partial charge in [-0.1, -0.05) is 13.8 Å². The van der Waals surface area contributed by atoms with Crippen LogP contribution < -0.4 is 0 Å². The van der Waals surface area contributed by atoms with Crippen molar-refractivity contribution in [2.75, 3.05) is 12.0 Å². The Kier molecular flexibility index (Phi) is 2.19. The summed E-state index contributed by atoms with van der Waals surface area (Å²) in [6, 6.07) is 0. The van der Waals surface area contributed by atoms with E-state index >= 15 is 0 Å². The molecule has 1 aliphatic carbocycles. The topological polar surface area (TPSA) is 37.3 Å². The van der Waals surface area contributed by atoms with Crippen molar-refractivity contribution in [1.82, 2.24) is 0 Å². The van der Waals surface area contributed by atoms with E-state index in [0.29, 0.717) is 5.92 Å². The van der Waals surface area contributed by atoms with Gasteiger partial charge >= 0.3 is 5.97 Å². The van der Waals surface area contributed by atoms with Crippen LogP contribution in [0.25, 0.3) is 0 Å². The zero-order chi connectivity index (χ0) is 8.65. The fraction of sp³-hybridized carbons (Fsp3) is 0.875. The maximum atomic E-state index is 10.7. The number of thioether (sulfide) groups is 1. The minimum atomic E-state index is -0.631. The van der Waals surface area contributed by atoms with E-state index < -0.39 is 5.97 Å². The van der Waals surface area contributed by atoms with Crippen LogP contribution in [0, 0.1) is 17.3 Å². The molecular formula is C8H14O2S. The molecule has 0 aromatic rings. The first kappa shape index (κ1) is 8.91. The summed E-state index contributed by atoms with van der Waals surface area (Å²) >= 11 is 1.73. The molecule has 0 aromatic carbocycles. The SMILES string of the molecule is CSC[C@@H]1[C@@H](C(=O)O)C1(C)C. The van der Waals surface area contributed by atoms with Gasteiger partial charge in [0.1, 0.15) is 0 Å². The largest absolute Gasteiger partial charge is 0.481 e. The number of carbonyl (C=O) groups is 1. The minimum Gasteiger partial charge on any atom is -0.481 e. The normalized spacial score (nSPS) is 33.4. The molecule has 0 bridgehead atoms. The van der Waals surface area contributed by atoms with E-state index in [-0.39, 0.29) is 11.3 Å². The van der Waals surface area contributed by atoms with Gasteiger partial charge in [0.05, 0.1) is 5.92 Å². The average Bonchev–Trinajstić information content (AvgIpc) is 2.35. The van der Waals surface area contributed by atoms with Crippen LogP contribution in [0.4, 0.5) is 0 Å². The molecule has 1 aliphatic rings. The number of aliphatic carboxylic acids is 1. The lowest BCUT2D eigenvalue weighted by Crippen LogP contribution is -2.03. The van der Waals surface area contributed by atoms with Crippen molar-refractivity contribution >= 4 is 17.7 Å². The van der Waals surface area contributed by atoms with E-state index in [4.69, 9.17) is 5.11 Å². The van der Waals surface area contributed by atoms with Crippen LogP contribution in [-0.4, -0.2) is 23.1 Å². The van der Waals surface area contributed by atoms with Gasteiger partial charge in [-0.25, -0.2) is 0 Å². The standard InChI is InChI=1S/C8H14O2S/c1-8(2)5(4-11-3)6(8)7(9)10/h5-6H,4H2,1-3H3,(H,9,10)/t5-,6+/m1/s1. The second-order valence-electron chi connectivity index (χ2n) is 3.70. The lowest BCUT2D eigenvalue weighted by molar-refractivity contribution is -0.139. The molecule has 1 saturated carbocycles. The van der Waals surface area contributed by atoms with Crippen molar-refractivity contribution in [2.24, 2.45) is 17.3 Å².